The van der Waals surface area contributed by atoms with Crippen LogP contribution in [0.25, 0.3) is 0 Å². The lowest BCUT2D eigenvalue weighted by atomic mass is 10.1. The SMILES string of the molecule is CC(C)c1cc2c(cn1)OCCO2.CC(C)c1ccc2c(n1)CC(=O)CO2. The van der Waals surface area contributed by atoms with Gasteiger partial charge in [0.1, 0.15) is 25.6 Å². The number of ketones is 1. The van der Waals surface area contributed by atoms with E-state index >= 15 is 0 Å². The van der Waals surface area contributed by atoms with Crippen LogP contribution >= 0.6 is 0 Å². The van der Waals surface area contributed by atoms with Gasteiger partial charge in [-0.05, 0) is 24.0 Å². The molecule has 0 spiro atoms. The predicted octanol–water partition coefficient (Wildman–Crippen LogP) is 3.69. The molecule has 0 atom stereocenters. The minimum atomic E-state index is 0.103. The van der Waals surface area contributed by atoms with Gasteiger partial charge in [-0.1, -0.05) is 27.7 Å². The minimum absolute atomic E-state index is 0.103. The van der Waals surface area contributed by atoms with Crippen molar-refractivity contribution >= 4 is 5.78 Å². The van der Waals surface area contributed by atoms with Crippen molar-refractivity contribution in [2.45, 2.75) is 46.0 Å². The number of nitrogens with zero attached hydrogens (tertiary/aromatic N) is 2. The maximum Gasteiger partial charge on any atom is 0.179 e. The number of rotatable bonds is 2. The quantitative estimate of drug-likeness (QED) is 0.803. The van der Waals surface area contributed by atoms with Crippen LogP contribution in [0.1, 0.15) is 56.6 Å². The van der Waals surface area contributed by atoms with Gasteiger partial charge in [-0.3, -0.25) is 14.8 Å². The zero-order chi connectivity index (χ0) is 19.4. The molecule has 4 heterocycles. The Labute approximate surface area is 159 Å². The van der Waals surface area contributed by atoms with Gasteiger partial charge >= 0.3 is 0 Å². The third kappa shape index (κ3) is 4.76. The van der Waals surface area contributed by atoms with E-state index in [4.69, 9.17) is 14.2 Å². The van der Waals surface area contributed by atoms with E-state index < -0.39 is 0 Å². The van der Waals surface area contributed by atoms with Crippen molar-refractivity contribution in [3.8, 4) is 17.2 Å². The molecule has 0 amide bonds. The molecule has 0 aliphatic carbocycles. The highest BCUT2D eigenvalue weighted by Crippen LogP contribution is 2.31. The summed E-state index contributed by atoms with van der Waals surface area (Å²) in [6, 6.07) is 5.82. The minimum Gasteiger partial charge on any atom is -0.486 e. The van der Waals surface area contributed by atoms with Gasteiger partial charge in [-0.2, -0.15) is 0 Å². The normalized spacial score (nSPS) is 15.0. The van der Waals surface area contributed by atoms with E-state index in [1.54, 1.807) is 6.20 Å². The molecule has 2 aliphatic rings. The Balaban J connectivity index is 0.000000156. The molecule has 0 radical (unpaired) electrons. The van der Waals surface area contributed by atoms with Crippen LogP contribution in [0.3, 0.4) is 0 Å². The van der Waals surface area contributed by atoms with E-state index in [1.807, 2.05) is 18.2 Å². The summed E-state index contributed by atoms with van der Waals surface area (Å²) in [6.45, 7) is 9.83. The molecule has 0 fully saturated rings. The molecule has 0 unspecified atom stereocenters. The van der Waals surface area contributed by atoms with Crippen molar-refractivity contribution in [3.63, 3.8) is 0 Å². The molecule has 0 N–H and O–H groups in total. The first kappa shape index (κ1) is 19.1. The number of hydrogen-bond donors (Lipinski definition) is 0. The molecule has 2 aromatic rings. The Kier molecular flexibility index (Phi) is 5.94. The third-order valence-electron chi connectivity index (χ3n) is 4.34. The zero-order valence-corrected chi connectivity index (χ0v) is 16.3. The number of fused-ring (bicyclic) bond motifs is 2. The van der Waals surface area contributed by atoms with Crippen LogP contribution in [-0.2, 0) is 11.2 Å². The molecular weight excluding hydrogens is 344 g/mol. The molecule has 0 saturated heterocycles. The van der Waals surface area contributed by atoms with Crippen LogP contribution in [-0.4, -0.2) is 35.6 Å². The van der Waals surface area contributed by atoms with Crippen molar-refractivity contribution < 1.29 is 19.0 Å². The van der Waals surface area contributed by atoms with Crippen LogP contribution in [0.4, 0.5) is 0 Å². The fourth-order valence-corrected chi connectivity index (χ4v) is 2.76. The number of Topliss-reactive ketones (excluding diaryl/α,β-unsaturated/α-hetero) is 1. The molecule has 6 nitrogen and oxygen atoms in total. The van der Waals surface area contributed by atoms with Gasteiger partial charge in [-0.15, -0.1) is 0 Å². The lowest BCUT2D eigenvalue weighted by Crippen LogP contribution is -2.21. The molecule has 0 bridgehead atoms. The molecule has 2 aromatic heterocycles. The topological polar surface area (TPSA) is 70.5 Å². The number of ether oxygens (including phenoxy) is 3. The highest BCUT2D eigenvalue weighted by molar-refractivity contribution is 5.83. The highest BCUT2D eigenvalue weighted by Gasteiger charge is 2.18. The van der Waals surface area contributed by atoms with Gasteiger partial charge in [0.15, 0.2) is 17.3 Å². The number of hydrogen-bond acceptors (Lipinski definition) is 6. The molecule has 4 rings (SSSR count). The van der Waals surface area contributed by atoms with Gasteiger partial charge in [-0.25, -0.2) is 0 Å². The van der Waals surface area contributed by atoms with Crippen molar-refractivity contribution in [2.75, 3.05) is 19.8 Å². The number of carbonyl (C=O) groups excluding carboxylic acids is 1. The summed E-state index contributed by atoms with van der Waals surface area (Å²) in [6.07, 6.45) is 2.15. The summed E-state index contributed by atoms with van der Waals surface area (Å²) >= 11 is 0. The second-order valence-corrected chi connectivity index (χ2v) is 7.25. The fourth-order valence-electron chi connectivity index (χ4n) is 2.76. The van der Waals surface area contributed by atoms with Crippen molar-refractivity contribution in [3.05, 3.63) is 41.5 Å². The van der Waals surface area contributed by atoms with E-state index in [0.717, 1.165) is 34.3 Å². The van der Waals surface area contributed by atoms with Crippen molar-refractivity contribution in [1.82, 2.24) is 9.97 Å². The van der Waals surface area contributed by atoms with Gasteiger partial charge in [0, 0.05) is 17.5 Å². The fraction of sp³-hybridized carbons (Fsp3) is 0.476. The second-order valence-electron chi connectivity index (χ2n) is 7.25. The van der Waals surface area contributed by atoms with Crippen LogP contribution < -0.4 is 14.2 Å². The Bertz CT molecular complexity index is 818. The first-order valence-corrected chi connectivity index (χ1v) is 9.34. The van der Waals surface area contributed by atoms with Gasteiger partial charge in [0.25, 0.3) is 0 Å². The summed E-state index contributed by atoms with van der Waals surface area (Å²) in [4.78, 5) is 19.8. The van der Waals surface area contributed by atoms with E-state index in [0.29, 0.717) is 31.5 Å². The zero-order valence-electron chi connectivity index (χ0n) is 16.3. The summed E-state index contributed by atoms with van der Waals surface area (Å²) < 4.78 is 16.1. The molecule has 2 aliphatic heterocycles. The molecule has 27 heavy (non-hydrogen) atoms. The first-order chi connectivity index (χ1) is 12.9. The van der Waals surface area contributed by atoms with Gasteiger partial charge in [0.05, 0.1) is 18.3 Å². The number of carbonyl (C=O) groups is 1. The lowest BCUT2D eigenvalue weighted by Gasteiger charge is -2.18. The Morgan fingerprint density at radius 1 is 0.889 bits per heavy atom. The summed E-state index contributed by atoms with van der Waals surface area (Å²) in [5.41, 5.74) is 2.85. The average Bonchev–Trinajstić information content (AvgIpc) is 2.67. The number of pyridine rings is 2. The number of aromatic nitrogens is 2. The maximum atomic E-state index is 11.1. The Morgan fingerprint density at radius 2 is 1.59 bits per heavy atom. The molecule has 0 aromatic carbocycles. The smallest absolute Gasteiger partial charge is 0.179 e. The predicted molar refractivity (Wildman–Crippen MR) is 102 cm³/mol. The van der Waals surface area contributed by atoms with Crippen LogP contribution in [0.15, 0.2) is 24.4 Å². The van der Waals surface area contributed by atoms with Crippen LogP contribution in [0.2, 0.25) is 0 Å². The van der Waals surface area contributed by atoms with Crippen LogP contribution in [0.5, 0.6) is 17.2 Å². The molecule has 144 valence electrons. The summed E-state index contributed by atoms with van der Waals surface area (Å²) in [5.74, 6) is 3.26. The molecular formula is C21H26N2O4. The molecule has 0 saturated carbocycles. The highest BCUT2D eigenvalue weighted by atomic mass is 16.6. The van der Waals surface area contributed by atoms with Gasteiger partial charge in [0.2, 0.25) is 0 Å². The van der Waals surface area contributed by atoms with E-state index in [1.165, 1.54) is 0 Å². The maximum absolute atomic E-state index is 11.1. The monoisotopic (exact) mass is 370 g/mol. The third-order valence-corrected chi connectivity index (χ3v) is 4.34. The van der Waals surface area contributed by atoms with Gasteiger partial charge < -0.3 is 14.2 Å². The summed E-state index contributed by atoms with van der Waals surface area (Å²) in [5, 5.41) is 0. The summed E-state index contributed by atoms with van der Waals surface area (Å²) in [7, 11) is 0. The second kappa shape index (κ2) is 8.37. The van der Waals surface area contributed by atoms with E-state index in [2.05, 4.69) is 37.7 Å². The largest absolute Gasteiger partial charge is 0.486 e. The average molecular weight is 370 g/mol. The first-order valence-electron chi connectivity index (χ1n) is 9.34. The standard InChI is InChI=1S/C11H13NO2.C10H13NO2/c1-7(2)9-3-4-11-10(12-9)5-8(13)6-14-11;1-7(2)8-5-9-10(6-11-8)13-4-3-12-9/h3-4,7H,5-6H2,1-2H3;5-7H,3-4H2,1-2H3. The van der Waals surface area contributed by atoms with E-state index in [9.17, 15) is 4.79 Å². The Morgan fingerprint density at radius 3 is 2.30 bits per heavy atom. The van der Waals surface area contributed by atoms with Crippen LogP contribution in [0, 0.1) is 0 Å². The van der Waals surface area contributed by atoms with E-state index in [-0.39, 0.29) is 12.4 Å². The van der Waals surface area contributed by atoms with Crippen molar-refractivity contribution in [2.24, 2.45) is 0 Å². The molecule has 6 heteroatoms. The van der Waals surface area contributed by atoms with Crippen molar-refractivity contribution in [1.29, 1.82) is 0 Å². The lowest BCUT2D eigenvalue weighted by molar-refractivity contribution is -0.121. The Hall–Kier alpha value is -2.63.